The highest BCUT2D eigenvalue weighted by Gasteiger charge is 2.19. The molecule has 0 aliphatic rings. The van der Waals surface area contributed by atoms with Gasteiger partial charge in [-0.2, -0.15) is 0 Å². The molecule has 1 amide bonds. The lowest BCUT2D eigenvalue weighted by Crippen LogP contribution is -2.11. The highest BCUT2D eigenvalue weighted by atomic mass is 79.9. The van der Waals surface area contributed by atoms with Gasteiger partial charge in [0.05, 0.1) is 21.4 Å². The first-order chi connectivity index (χ1) is 11.5. The Hall–Kier alpha value is -2.74. The molecule has 5 N–H and O–H groups in total. The van der Waals surface area contributed by atoms with Gasteiger partial charge in [0.15, 0.2) is 1.41 Å². The lowest BCUT2D eigenvalue weighted by molar-refractivity contribution is 0.100. The van der Waals surface area contributed by atoms with Gasteiger partial charge >= 0.3 is 0 Å². The summed E-state index contributed by atoms with van der Waals surface area (Å²) >= 11 is 3.31. The van der Waals surface area contributed by atoms with Gasteiger partial charge in [0.2, 0.25) is 5.95 Å². The summed E-state index contributed by atoms with van der Waals surface area (Å²) in [5.41, 5.74) is 8.98. The van der Waals surface area contributed by atoms with E-state index in [-0.39, 0.29) is 22.8 Å². The first kappa shape index (κ1) is 13.9. The quantitative estimate of drug-likeness (QED) is 0.649. The Labute approximate surface area is 140 Å². The molecule has 0 saturated heterocycles. The first-order valence-electron chi connectivity index (χ1n) is 6.99. The van der Waals surface area contributed by atoms with E-state index in [2.05, 4.69) is 36.6 Å². The molecule has 116 valence electrons. The van der Waals surface area contributed by atoms with Crippen molar-refractivity contribution in [1.29, 1.82) is 0 Å². The maximum absolute atomic E-state index is 14.1. The van der Waals surface area contributed by atoms with Crippen molar-refractivity contribution >= 4 is 27.8 Å². The molecule has 0 unspecified atom stereocenters. The van der Waals surface area contributed by atoms with Gasteiger partial charge in [0, 0.05) is 11.8 Å². The molecule has 2 aromatic heterocycles. The number of benzene rings is 1. The highest BCUT2D eigenvalue weighted by Crippen LogP contribution is 2.32. The molecule has 0 aliphatic carbocycles. The summed E-state index contributed by atoms with van der Waals surface area (Å²) in [6.07, 6.45) is 1.47. The number of hydrogen-bond donors (Lipinski definition) is 3. The number of rotatable bonds is 4. The number of H-pyrrole nitrogens is 1. The molecule has 8 heteroatoms. The minimum Gasteiger partial charge on any atom is -0.368 e. The molecule has 23 heavy (non-hydrogen) atoms. The van der Waals surface area contributed by atoms with Crippen LogP contribution in [0.1, 0.15) is 10.4 Å². The van der Waals surface area contributed by atoms with E-state index in [9.17, 15) is 9.18 Å². The zero-order chi connectivity index (χ0) is 17.3. The van der Waals surface area contributed by atoms with Crippen LogP contribution in [0, 0.1) is 5.82 Å². The van der Waals surface area contributed by atoms with E-state index in [1.165, 1.54) is 18.3 Å². The third kappa shape index (κ3) is 2.80. The van der Waals surface area contributed by atoms with Crippen LogP contribution in [0.4, 0.5) is 10.3 Å². The summed E-state index contributed by atoms with van der Waals surface area (Å²) in [6, 6.07) is 7.55. The number of anilines is 1. The Balaban J connectivity index is 2.21. The fourth-order valence-electron chi connectivity index (χ4n) is 2.21. The molecule has 0 fully saturated rings. The summed E-state index contributed by atoms with van der Waals surface area (Å²) in [4.78, 5) is 22.8. The number of nitrogens with one attached hydrogen (secondary N) is 1. The summed E-state index contributed by atoms with van der Waals surface area (Å²) in [7, 11) is 0. The van der Waals surface area contributed by atoms with Crippen LogP contribution < -0.4 is 11.5 Å². The Kier molecular flexibility index (Phi) is 3.51. The van der Waals surface area contributed by atoms with Crippen molar-refractivity contribution in [2.75, 3.05) is 5.73 Å². The molecule has 0 radical (unpaired) electrons. The molecule has 0 bridgehead atoms. The van der Waals surface area contributed by atoms with Crippen LogP contribution >= 0.6 is 15.9 Å². The van der Waals surface area contributed by atoms with Gasteiger partial charge in [-0.3, -0.25) is 4.79 Å². The zero-order valence-electron chi connectivity index (χ0n) is 12.6. The van der Waals surface area contributed by atoms with Gasteiger partial charge in [0.1, 0.15) is 11.5 Å². The van der Waals surface area contributed by atoms with Crippen molar-refractivity contribution in [1.82, 2.24) is 15.0 Å². The Morgan fingerprint density at radius 2 is 2.17 bits per heavy atom. The van der Waals surface area contributed by atoms with Gasteiger partial charge in [-0.05, 0) is 34.1 Å². The van der Waals surface area contributed by atoms with Crippen LogP contribution in [0.3, 0.4) is 0 Å². The molecule has 3 rings (SSSR count). The van der Waals surface area contributed by atoms with Crippen molar-refractivity contribution < 1.29 is 10.6 Å². The molecule has 0 aliphatic heterocycles. The van der Waals surface area contributed by atoms with Gasteiger partial charge in [-0.25, -0.2) is 14.4 Å². The normalized spacial score (nSPS) is 11.1. The van der Waals surface area contributed by atoms with Crippen molar-refractivity contribution in [2.45, 2.75) is 0 Å². The molecule has 0 spiro atoms. The van der Waals surface area contributed by atoms with Crippen LogP contribution in [0.25, 0.3) is 22.6 Å². The molecule has 0 saturated carbocycles. The first-order valence-corrected chi connectivity index (χ1v) is 7.29. The van der Waals surface area contributed by atoms with E-state index in [1.54, 1.807) is 18.2 Å². The number of primary amides is 1. The maximum atomic E-state index is 14.1. The van der Waals surface area contributed by atoms with E-state index in [1.807, 2.05) is 0 Å². The summed E-state index contributed by atoms with van der Waals surface area (Å²) in [5, 5.41) is 0. The fraction of sp³-hybridized carbons (Fsp3) is 0. The van der Waals surface area contributed by atoms with E-state index in [4.69, 9.17) is 7.15 Å². The number of carbonyl (C=O) groups is 1. The van der Waals surface area contributed by atoms with Crippen LogP contribution in [0.2, 0.25) is 1.41 Å². The van der Waals surface area contributed by atoms with E-state index in [0.29, 0.717) is 15.9 Å². The number of nitrogens with zero attached hydrogens (tertiary/aromatic N) is 2. The number of nitrogens with two attached hydrogens (primary N) is 2. The van der Waals surface area contributed by atoms with Gasteiger partial charge in [-0.1, -0.05) is 12.1 Å². The number of nitrogen functional groups attached to an aromatic ring is 1. The second kappa shape index (κ2) is 5.81. The number of hydrogen-bond acceptors (Lipinski definition) is 4. The van der Waals surface area contributed by atoms with Gasteiger partial charge in [-0.15, -0.1) is 0 Å². The minimum absolute atomic E-state index is 0.0795. The number of aromatic nitrogens is 3. The lowest BCUT2D eigenvalue weighted by atomic mass is 10.1. The SMILES string of the molecule is [2H]Nc1ncc(Br)c(-c2cc(C(N)=O)c(-c3ccccc3F)[nH]2)n1. The second-order valence-corrected chi connectivity index (χ2v) is 5.56. The Morgan fingerprint density at radius 1 is 1.39 bits per heavy atom. The molecular weight excluding hydrogens is 365 g/mol. The van der Waals surface area contributed by atoms with E-state index >= 15 is 0 Å². The van der Waals surface area contributed by atoms with Crippen molar-refractivity contribution in [3.63, 3.8) is 0 Å². The Morgan fingerprint density at radius 3 is 2.87 bits per heavy atom. The molecule has 3 aromatic rings. The number of amides is 1. The standard InChI is InChI=1S/C15H11BrFN5O/c16-9-6-20-15(19)22-13(9)11-5-8(14(18)23)12(21-11)7-3-1-2-4-10(7)17/h1-6,21H,(H2,18,23)(H2,19,20,22)/i/hD. The molecule has 2 heterocycles. The minimum atomic E-state index is -0.695. The monoisotopic (exact) mass is 376 g/mol. The molecule has 1 aromatic carbocycles. The fourth-order valence-corrected chi connectivity index (χ4v) is 2.61. The summed E-state index contributed by atoms with van der Waals surface area (Å²) in [5.74, 6) is -1.10. The maximum Gasteiger partial charge on any atom is 0.250 e. The predicted octanol–water partition coefficient (Wildman–Crippen LogP) is 2.72. The van der Waals surface area contributed by atoms with Gasteiger partial charge < -0.3 is 16.4 Å². The van der Waals surface area contributed by atoms with Crippen LogP contribution in [-0.2, 0) is 0 Å². The van der Waals surface area contributed by atoms with E-state index in [0.717, 1.165) is 0 Å². The summed E-state index contributed by atoms with van der Waals surface area (Å²) in [6.45, 7) is 0. The number of carbonyl (C=O) groups excluding carboxylic acids is 1. The lowest BCUT2D eigenvalue weighted by Gasteiger charge is -2.03. The number of aromatic amines is 1. The zero-order valence-corrected chi connectivity index (χ0v) is 13.2. The van der Waals surface area contributed by atoms with Crippen molar-refractivity contribution in [3.8, 4) is 22.6 Å². The Bertz CT molecular complexity index is 930. The van der Waals surface area contributed by atoms with Crippen LogP contribution in [-0.4, -0.2) is 20.9 Å². The van der Waals surface area contributed by atoms with Crippen LogP contribution in [0.15, 0.2) is 41.0 Å². The topological polar surface area (TPSA) is 111 Å². The van der Waals surface area contributed by atoms with Gasteiger partial charge in [0.25, 0.3) is 5.91 Å². The largest absolute Gasteiger partial charge is 0.368 e. The van der Waals surface area contributed by atoms with Crippen molar-refractivity contribution in [3.05, 3.63) is 52.4 Å². The van der Waals surface area contributed by atoms with Crippen molar-refractivity contribution in [2.24, 2.45) is 5.73 Å². The molecular formula is C15H11BrFN5O. The smallest absolute Gasteiger partial charge is 0.250 e. The summed E-state index contributed by atoms with van der Waals surface area (Å²) < 4.78 is 21.8. The average molecular weight is 377 g/mol. The van der Waals surface area contributed by atoms with E-state index < -0.39 is 11.7 Å². The third-order valence-corrected chi connectivity index (χ3v) is 3.81. The highest BCUT2D eigenvalue weighted by molar-refractivity contribution is 9.10. The molecule has 6 nitrogen and oxygen atoms in total. The molecule has 0 atom stereocenters. The third-order valence-electron chi connectivity index (χ3n) is 3.23. The number of halogens is 2. The van der Waals surface area contributed by atoms with Crippen LogP contribution in [0.5, 0.6) is 0 Å². The predicted molar refractivity (Wildman–Crippen MR) is 87.8 cm³/mol. The average Bonchev–Trinajstić information content (AvgIpc) is 3.01. The second-order valence-electron chi connectivity index (χ2n) is 4.71.